The second-order valence-corrected chi connectivity index (χ2v) is 13.7. The van der Waals surface area contributed by atoms with Crippen molar-refractivity contribution in [2.75, 3.05) is 0 Å². The zero-order chi connectivity index (χ0) is 36.6. The largest absolute Gasteiger partial charge is 0.309 e. The summed E-state index contributed by atoms with van der Waals surface area (Å²) in [6, 6.07) is 72.4. The quantitative estimate of drug-likeness (QED) is 0.166. The molecule has 4 nitrogen and oxygen atoms in total. The first-order chi connectivity index (χ1) is 27.2. The van der Waals surface area contributed by atoms with Gasteiger partial charge in [0.15, 0.2) is 17.5 Å². The molecule has 0 spiro atoms. The molecule has 2 heterocycles. The van der Waals surface area contributed by atoms with Crippen molar-refractivity contribution in [3.8, 4) is 73.2 Å². The van der Waals surface area contributed by atoms with Crippen molar-refractivity contribution in [1.29, 1.82) is 0 Å². The van der Waals surface area contributed by atoms with Crippen molar-refractivity contribution < 1.29 is 0 Å². The molecule has 258 valence electrons. The highest BCUT2D eigenvalue weighted by Crippen LogP contribution is 2.37. The number of para-hydroxylation sites is 2. The molecule has 0 unspecified atom stereocenters. The van der Waals surface area contributed by atoms with Gasteiger partial charge in [-0.25, -0.2) is 15.0 Å². The Morgan fingerprint density at radius 3 is 1.31 bits per heavy atom. The summed E-state index contributed by atoms with van der Waals surface area (Å²) in [6.45, 7) is 0. The minimum absolute atomic E-state index is 0.627. The Labute approximate surface area is 319 Å². The van der Waals surface area contributed by atoms with Crippen LogP contribution < -0.4 is 0 Å². The van der Waals surface area contributed by atoms with E-state index in [2.05, 4.69) is 150 Å². The molecule has 0 N–H and O–H groups in total. The average Bonchev–Trinajstić information content (AvgIpc) is 3.61. The van der Waals surface area contributed by atoms with Crippen molar-refractivity contribution in [1.82, 2.24) is 19.5 Å². The van der Waals surface area contributed by atoms with Crippen LogP contribution >= 0.6 is 0 Å². The van der Waals surface area contributed by atoms with Gasteiger partial charge in [0, 0.05) is 33.2 Å². The van der Waals surface area contributed by atoms with Crippen LogP contribution in [-0.2, 0) is 0 Å². The lowest BCUT2D eigenvalue weighted by molar-refractivity contribution is 1.07. The fraction of sp³-hybridized carbons (Fsp3) is 0. The van der Waals surface area contributed by atoms with Gasteiger partial charge in [0.1, 0.15) is 0 Å². The monoisotopic (exact) mass is 702 g/mol. The molecule has 0 atom stereocenters. The molecule has 10 rings (SSSR count). The minimum Gasteiger partial charge on any atom is -0.309 e. The van der Waals surface area contributed by atoms with Crippen molar-refractivity contribution >= 4 is 21.8 Å². The molecule has 10 aromatic rings. The number of hydrogen-bond donors (Lipinski definition) is 0. The standard InChI is InChI=1S/C51H34N4/c1-5-16-35(17-6-1)41-31-42(33-43(32-41)51-53-49(36-18-7-2-8-19-36)52-50(54-51)37-20-9-3-10-21-37)39-23-15-22-38(30-39)40-28-29-46-45-26-13-14-27-47(45)55(48(46)34-40)44-24-11-4-12-25-44/h1-34H. The number of aromatic nitrogens is 4. The number of fused-ring (bicyclic) bond motifs is 3. The molecule has 0 saturated heterocycles. The van der Waals surface area contributed by atoms with Gasteiger partial charge >= 0.3 is 0 Å². The van der Waals surface area contributed by atoms with Gasteiger partial charge < -0.3 is 4.57 Å². The molecule has 0 aliphatic rings. The van der Waals surface area contributed by atoms with Crippen LogP contribution in [0.4, 0.5) is 0 Å². The first-order valence-electron chi connectivity index (χ1n) is 18.5. The molecule has 0 fully saturated rings. The summed E-state index contributed by atoms with van der Waals surface area (Å²) in [4.78, 5) is 15.1. The summed E-state index contributed by atoms with van der Waals surface area (Å²) in [7, 11) is 0. The highest BCUT2D eigenvalue weighted by Gasteiger charge is 2.16. The predicted octanol–water partition coefficient (Wildman–Crippen LogP) is 13.0. The molecule has 2 aromatic heterocycles. The molecule has 55 heavy (non-hydrogen) atoms. The van der Waals surface area contributed by atoms with Gasteiger partial charge in [-0.1, -0.05) is 158 Å². The van der Waals surface area contributed by atoms with Gasteiger partial charge in [0.05, 0.1) is 11.0 Å². The number of hydrogen-bond acceptors (Lipinski definition) is 3. The summed E-state index contributed by atoms with van der Waals surface area (Å²) in [5, 5.41) is 2.48. The Balaban J connectivity index is 1.13. The van der Waals surface area contributed by atoms with E-state index in [1.165, 1.54) is 21.8 Å². The molecular weight excluding hydrogens is 669 g/mol. The van der Waals surface area contributed by atoms with E-state index in [1.807, 2.05) is 60.7 Å². The topological polar surface area (TPSA) is 43.6 Å². The molecule has 0 aliphatic heterocycles. The Morgan fingerprint density at radius 1 is 0.255 bits per heavy atom. The first-order valence-corrected chi connectivity index (χ1v) is 18.5. The SMILES string of the molecule is c1ccc(-c2cc(-c3cccc(-c4ccc5c6ccccc6n(-c6ccccc6)c5c4)c3)cc(-c3nc(-c4ccccc4)nc(-c4ccccc4)n3)c2)cc1. The number of benzene rings is 8. The van der Waals surface area contributed by atoms with E-state index in [9.17, 15) is 0 Å². The summed E-state index contributed by atoms with van der Waals surface area (Å²) in [5.41, 5.74) is 13.1. The lowest BCUT2D eigenvalue weighted by Gasteiger charge is -2.13. The number of nitrogens with zero attached hydrogens (tertiary/aromatic N) is 4. The Bertz CT molecular complexity index is 2900. The number of rotatable bonds is 7. The third-order valence-electron chi connectivity index (χ3n) is 10.2. The highest BCUT2D eigenvalue weighted by molar-refractivity contribution is 6.10. The van der Waals surface area contributed by atoms with Gasteiger partial charge in [-0.15, -0.1) is 0 Å². The van der Waals surface area contributed by atoms with E-state index in [1.54, 1.807) is 0 Å². The average molecular weight is 703 g/mol. The smallest absolute Gasteiger partial charge is 0.164 e. The van der Waals surface area contributed by atoms with Gasteiger partial charge in [-0.3, -0.25) is 0 Å². The van der Waals surface area contributed by atoms with Crippen molar-refractivity contribution in [2.45, 2.75) is 0 Å². The molecule has 0 bridgehead atoms. The molecular formula is C51H34N4. The van der Waals surface area contributed by atoms with E-state index in [-0.39, 0.29) is 0 Å². The normalized spacial score (nSPS) is 11.3. The molecule has 8 aromatic carbocycles. The Hall–Kier alpha value is -7.43. The van der Waals surface area contributed by atoms with Crippen LogP contribution in [0.2, 0.25) is 0 Å². The van der Waals surface area contributed by atoms with Crippen molar-refractivity contribution in [2.24, 2.45) is 0 Å². The maximum atomic E-state index is 5.09. The van der Waals surface area contributed by atoms with Crippen LogP contribution in [-0.4, -0.2) is 19.5 Å². The fourth-order valence-corrected chi connectivity index (χ4v) is 7.54. The van der Waals surface area contributed by atoms with Gasteiger partial charge in [-0.2, -0.15) is 0 Å². The van der Waals surface area contributed by atoms with Crippen LogP contribution in [0.5, 0.6) is 0 Å². The Kier molecular flexibility index (Phi) is 8.12. The van der Waals surface area contributed by atoms with E-state index in [4.69, 9.17) is 15.0 Å². The zero-order valence-corrected chi connectivity index (χ0v) is 29.9. The molecule has 0 amide bonds. The van der Waals surface area contributed by atoms with Crippen LogP contribution in [0.1, 0.15) is 0 Å². The molecule has 0 aliphatic carbocycles. The first kappa shape index (κ1) is 32.2. The fourth-order valence-electron chi connectivity index (χ4n) is 7.54. The highest BCUT2D eigenvalue weighted by atomic mass is 15.0. The summed E-state index contributed by atoms with van der Waals surface area (Å²) >= 11 is 0. The molecule has 0 radical (unpaired) electrons. The third kappa shape index (κ3) is 6.16. The lowest BCUT2D eigenvalue weighted by Crippen LogP contribution is -2.00. The second kappa shape index (κ2) is 13.8. The van der Waals surface area contributed by atoms with Crippen molar-refractivity contribution in [3.05, 3.63) is 206 Å². The van der Waals surface area contributed by atoms with Crippen molar-refractivity contribution in [3.63, 3.8) is 0 Å². The molecule has 4 heteroatoms. The van der Waals surface area contributed by atoms with Gasteiger partial charge in [-0.05, 0) is 81.9 Å². The minimum atomic E-state index is 0.627. The zero-order valence-electron chi connectivity index (χ0n) is 29.9. The Morgan fingerprint density at radius 2 is 0.673 bits per heavy atom. The summed E-state index contributed by atoms with van der Waals surface area (Å²) in [6.07, 6.45) is 0. The van der Waals surface area contributed by atoms with E-state index in [0.717, 1.165) is 55.8 Å². The van der Waals surface area contributed by atoms with Crippen LogP contribution in [0.25, 0.3) is 95.0 Å². The summed E-state index contributed by atoms with van der Waals surface area (Å²) < 4.78 is 2.37. The van der Waals surface area contributed by atoms with E-state index < -0.39 is 0 Å². The maximum Gasteiger partial charge on any atom is 0.164 e. The van der Waals surface area contributed by atoms with Gasteiger partial charge in [0.25, 0.3) is 0 Å². The summed E-state index contributed by atoms with van der Waals surface area (Å²) in [5.74, 6) is 1.91. The van der Waals surface area contributed by atoms with Crippen LogP contribution in [0.3, 0.4) is 0 Å². The van der Waals surface area contributed by atoms with Gasteiger partial charge in [0.2, 0.25) is 0 Å². The van der Waals surface area contributed by atoms with E-state index >= 15 is 0 Å². The maximum absolute atomic E-state index is 5.09. The second-order valence-electron chi connectivity index (χ2n) is 13.7. The third-order valence-corrected chi connectivity index (χ3v) is 10.2. The predicted molar refractivity (Wildman–Crippen MR) is 227 cm³/mol. The van der Waals surface area contributed by atoms with Crippen LogP contribution in [0.15, 0.2) is 206 Å². The lowest BCUT2D eigenvalue weighted by atomic mass is 9.93. The van der Waals surface area contributed by atoms with Crippen LogP contribution in [0, 0.1) is 0 Å². The molecule has 0 saturated carbocycles. The van der Waals surface area contributed by atoms with E-state index in [0.29, 0.717) is 17.5 Å².